The first-order chi connectivity index (χ1) is 4.74. The van der Waals surface area contributed by atoms with E-state index < -0.39 is 0 Å². The van der Waals surface area contributed by atoms with E-state index in [1.807, 2.05) is 13.8 Å². The largest absolute Gasteiger partial charge is 0.462 e. The summed E-state index contributed by atoms with van der Waals surface area (Å²) < 4.78 is 5.08. The molecule has 0 saturated heterocycles. The topological polar surface area (TPSA) is 26.3 Å². The molecule has 58 valence electrons. The molecule has 0 bridgehead atoms. The van der Waals surface area contributed by atoms with Crippen molar-refractivity contribution in [1.82, 2.24) is 0 Å². The van der Waals surface area contributed by atoms with E-state index in [2.05, 4.69) is 0 Å². The molecule has 1 aliphatic carbocycles. The Hall–Kier alpha value is -0.530. The van der Waals surface area contributed by atoms with Crippen molar-refractivity contribution in [2.45, 2.75) is 39.2 Å². The van der Waals surface area contributed by atoms with Gasteiger partial charge >= 0.3 is 5.97 Å². The molecule has 1 atom stereocenters. The maximum absolute atomic E-state index is 10.7. The molecule has 0 N–H and O–H groups in total. The van der Waals surface area contributed by atoms with Crippen LogP contribution in [0.2, 0.25) is 0 Å². The molecule has 10 heavy (non-hydrogen) atoms. The van der Waals surface area contributed by atoms with Crippen molar-refractivity contribution in [3.05, 3.63) is 0 Å². The summed E-state index contributed by atoms with van der Waals surface area (Å²) in [5.74, 6) is 0.592. The van der Waals surface area contributed by atoms with Gasteiger partial charge in [-0.3, -0.25) is 4.79 Å². The van der Waals surface area contributed by atoms with Gasteiger partial charge in [0, 0.05) is 6.42 Å². The predicted octanol–water partition coefficient (Wildman–Crippen LogP) is 1.74. The summed E-state index contributed by atoms with van der Waals surface area (Å²) in [6.45, 7) is 3.80. The van der Waals surface area contributed by atoms with E-state index in [0.717, 1.165) is 0 Å². The number of rotatable bonds is 3. The standard InChI is InChI=1S/C8H14O2/c1-3-8(9)10-6(2)7-4-5-7/h6-7H,3-5H2,1-2H3. The quantitative estimate of drug-likeness (QED) is 0.561. The minimum atomic E-state index is -0.0700. The number of hydrogen-bond acceptors (Lipinski definition) is 2. The lowest BCUT2D eigenvalue weighted by Gasteiger charge is -2.10. The molecule has 0 aliphatic heterocycles. The fourth-order valence-electron chi connectivity index (χ4n) is 0.953. The van der Waals surface area contributed by atoms with Gasteiger partial charge in [0.25, 0.3) is 0 Å². The van der Waals surface area contributed by atoms with Crippen LogP contribution in [0.3, 0.4) is 0 Å². The van der Waals surface area contributed by atoms with Crippen molar-refractivity contribution in [3.8, 4) is 0 Å². The molecule has 0 spiro atoms. The molecule has 0 aromatic rings. The predicted molar refractivity (Wildman–Crippen MR) is 38.6 cm³/mol. The van der Waals surface area contributed by atoms with Crippen LogP contribution in [-0.4, -0.2) is 12.1 Å². The van der Waals surface area contributed by atoms with Gasteiger partial charge in [0.1, 0.15) is 6.10 Å². The van der Waals surface area contributed by atoms with Crippen molar-refractivity contribution < 1.29 is 9.53 Å². The highest BCUT2D eigenvalue weighted by Crippen LogP contribution is 2.34. The summed E-state index contributed by atoms with van der Waals surface area (Å²) in [5, 5.41) is 0. The number of hydrogen-bond donors (Lipinski definition) is 0. The van der Waals surface area contributed by atoms with Crippen LogP contribution in [0, 0.1) is 5.92 Å². The maximum Gasteiger partial charge on any atom is 0.305 e. The molecule has 1 unspecified atom stereocenters. The third-order valence-electron chi connectivity index (χ3n) is 1.89. The van der Waals surface area contributed by atoms with E-state index in [-0.39, 0.29) is 12.1 Å². The van der Waals surface area contributed by atoms with Gasteiger partial charge in [-0.15, -0.1) is 0 Å². The van der Waals surface area contributed by atoms with Gasteiger partial charge < -0.3 is 4.74 Å². The zero-order valence-electron chi connectivity index (χ0n) is 6.59. The molecular formula is C8H14O2. The Kier molecular flexibility index (Phi) is 2.30. The Morgan fingerprint density at radius 3 is 2.70 bits per heavy atom. The summed E-state index contributed by atoms with van der Waals surface area (Å²) in [7, 11) is 0. The van der Waals surface area contributed by atoms with E-state index in [1.165, 1.54) is 12.8 Å². The van der Waals surface area contributed by atoms with Gasteiger partial charge in [0.2, 0.25) is 0 Å². The van der Waals surface area contributed by atoms with Crippen LogP contribution in [0.4, 0.5) is 0 Å². The van der Waals surface area contributed by atoms with Crippen LogP contribution < -0.4 is 0 Å². The van der Waals surface area contributed by atoms with Crippen LogP contribution in [0.1, 0.15) is 33.1 Å². The first-order valence-electron chi connectivity index (χ1n) is 3.93. The molecule has 0 aromatic carbocycles. The Morgan fingerprint density at radius 1 is 1.70 bits per heavy atom. The Labute approximate surface area is 61.6 Å². The average molecular weight is 142 g/mol. The van der Waals surface area contributed by atoms with E-state index in [4.69, 9.17) is 4.74 Å². The van der Waals surface area contributed by atoms with E-state index in [9.17, 15) is 4.79 Å². The number of carbonyl (C=O) groups excluding carboxylic acids is 1. The first-order valence-corrected chi connectivity index (χ1v) is 3.93. The van der Waals surface area contributed by atoms with Crippen molar-refractivity contribution in [1.29, 1.82) is 0 Å². The van der Waals surface area contributed by atoms with Crippen LogP contribution in [0.15, 0.2) is 0 Å². The van der Waals surface area contributed by atoms with Crippen molar-refractivity contribution in [2.24, 2.45) is 5.92 Å². The Balaban J connectivity index is 2.16. The van der Waals surface area contributed by atoms with E-state index in [1.54, 1.807) is 0 Å². The minimum Gasteiger partial charge on any atom is -0.462 e. The molecule has 0 amide bonds. The van der Waals surface area contributed by atoms with Gasteiger partial charge in [-0.25, -0.2) is 0 Å². The number of esters is 1. The van der Waals surface area contributed by atoms with Gasteiger partial charge in [0.05, 0.1) is 0 Å². The second-order valence-corrected chi connectivity index (χ2v) is 2.89. The van der Waals surface area contributed by atoms with Crippen LogP contribution >= 0.6 is 0 Å². The zero-order chi connectivity index (χ0) is 7.56. The minimum absolute atomic E-state index is 0.0700. The Bertz CT molecular complexity index is 127. The summed E-state index contributed by atoms with van der Waals surface area (Å²) in [5.41, 5.74) is 0. The lowest BCUT2D eigenvalue weighted by Crippen LogP contribution is -2.15. The molecule has 0 aromatic heterocycles. The second-order valence-electron chi connectivity index (χ2n) is 2.89. The van der Waals surface area contributed by atoms with Crippen molar-refractivity contribution in [2.75, 3.05) is 0 Å². The monoisotopic (exact) mass is 142 g/mol. The van der Waals surface area contributed by atoms with Gasteiger partial charge in [0.15, 0.2) is 0 Å². The lowest BCUT2D eigenvalue weighted by molar-refractivity contribution is -0.148. The third-order valence-corrected chi connectivity index (χ3v) is 1.89. The van der Waals surface area contributed by atoms with Crippen LogP contribution in [0.5, 0.6) is 0 Å². The molecule has 0 heterocycles. The number of carbonyl (C=O) groups is 1. The summed E-state index contributed by atoms with van der Waals surface area (Å²) in [6, 6.07) is 0. The van der Waals surface area contributed by atoms with Gasteiger partial charge in [-0.05, 0) is 25.7 Å². The zero-order valence-corrected chi connectivity index (χ0v) is 6.59. The average Bonchev–Trinajstić information content (AvgIpc) is 2.68. The molecule has 1 rings (SSSR count). The molecule has 2 heteroatoms. The first kappa shape index (κ1) is 7.58. The molecule has 1 saturated carbocycles. The third kappa shape index (κ3) is 2.01. The van der Waals surface area contributed by atoms with E-state index in [0.29, 0.717) is 12.3 Å². The highest BCUT2D eigenvalue weighted by Gasteiger charge is 2.30. The van der Waals surface area contributed by atoms with Crippen molar-refractivity contribution >= 4 is 5.97 Å². The molecule has 1 fully saturated rings. The molecule has 0 radical (unpaired) electrons. The smallest absolute Gasteiger partial charge is 0.305 e. The van der Waals surface area contributed by atoms with Crippen molar-refractivity contribution in [3.63, 3.8) is 0 Å². The fraction of sp³-hybridized carbons (Fsp3) is 0.875. The van der Waals surface area contributed by atoms with Crippen LogP contribution in [-0.2, 0) is 9.53 Å². The fourth-order valence-corrected chi connectivity index (χ4v) is 0.953. The van der Waals surface area contributed by atoms with Gasteiger partial charge in [-0.1, -0.05) is 6.92 Å². The maximum atomic E-state index is 10.7. The van der Waals surface area contributed by atoms with E-state index >= 15 is 0 Å². The summed E-state index contributed by atoms with van der Waals surface area (Å²) in [4.78, 5) is 10.7. The SMILES string of the molecule is CCC(=O)OC(C)C1CC1. The molecule has 2 nitrogen and oxygen atoms in total. The van der Waals surface area contributed by atoms with Gasteiger partial charge in [-0.2, -0.15) is 0 Å². The second kappa shape index (κ2) is 3.04. The lowest BCUT2D eigenvalue weighted by atomic mass is 10.3. The summed E-state index contributed by atoms with van der Waals surface area (Å²) >= 11 is 0. The molecular weight excluding hydrogens is 128 g/mol. The number of ether oxygens (including phenoxy) is 1. The Morgan fingerprint density at radius 2 is 2.30 bits per heavy atom. The van der Waals surface area contributed by atoms with Crippen LogP contribution in [0.25, 0.3) is 0 Å². The molecule has 1 aliphatic rings. The normalized spacial score (nSPS) is 20.2. The highest BCUT2D eigenvalue weighted by molar-refractivity contribution is 5.69. The summed E-state index contributed by atoms with van der Waals surface area (Å²) in [6.07, 6.45) is 3.13. The highest BCUT2D eigenvalue weighted by atomic mass is 16.5.